The molecular formula is C20H23NO2. The fraction of sp³-hybridized carbons (Fsp3) is 0.200. The highest BCUT2D eigenvalue weighted by Crippen LogP contribution is 2.17. The van der Waals surface area contributed by atoms with E-state index in [1.807, 2.05) is 48.6 Å². The minimum atomic E-state index is 0.311. The van der Waals surface area contributed by atoms with E-state index in [-0.39, 0.29) is 0 Å². The molecule has 0 unspecified atom stereocenters. The van der Waals surface area contributed by atoms with E-state index in [1.165, 1.54) is 0 Å². The third kappa shape index (κ3) is 6.01. The van der Waals surface area contributed by atoms with Crippen molar-refractivity contribution in [2.45, 2.75) is 12.8 Å². The smallest absolute Gasteiger partial charge is 0.122 e. The Hall–Kier alpha value is -2.52. The fourth-order valence-corrected chi connectivity index (χ4v) is 2.17. The molecule has 0 radical (unpaired) electrons. The fourth-order valence-electron chi connectivity index (χ4n) is 2.17. The van der Waals surface area contributed by atoms with Crippen molar-refractivity contribution < 1.29 is 10.2 Å². The van der Waals surface area contributed by atoms with Crippen molar-refractivity contribution in [3.8, 4) is 11.5 Å². The third-order valence-electron chi connectivity index (χ3n) is 3.44. The Morgan fingerprint density at radius 2 is 1.13 bits per heavy atom. The first-order valence-corrected chi connectivity index (χ1v) is 7.87. The lowest BCUT2D eigenvalue weighted by Crippen LogP contribution is -2.15. The van der Waals surface area contributed by atoms with E-state index in [4.69, 9.17) is 0 Å². The highest BCUT2D eigenvalue weighted by molar-refractivity contribution is 5.57. The van der Waals surface area contributed by atoms with Crippen LogP contribution < -0.4 is 5.32 Å². The zero-order valence-corrected chi connectivity index (χ0v) is 13.2. The lowest BCUT2D eigenvalue weighted by atomic mass is 10.1. The largest absolute Gasteiger partial charge is 0.507 e. The molecule has 0 atom stereocenters. The van der Waals surface area contributed by atoms with E-state index in [2.05, 4.69) is 17.5 Å². The number of para-hydroxylation sites is 2. The second-order valence-corrected chi connectivity index (χ2v) is 5.25. The average Bonchev–Trinajstić information content (AvgIpc) is 2.56. The summed E-state index contributed by atoms with van der Waals surface area (Å²) in [5.41, 5.74) is 1.69. The van der Waals surface area contributed by atoms with Gasteiger partial charge in [0, 0.05) is 11.1 Å². The molecule has 3 heteroatoms. The number of rotatable bonds is 8. The van der Waals surface area contributed by atoms with Gasteiger partial charge in [0.05, 0.1) is 0 Å². The first kappa shape index (κ1) is 16.8. The maximum absolute atomic E-state index is 9.63. The summed E-state index contributed by atoms with van der Waals surface area (Å²) < 4.78 is 0. The molecule has 0 aliphatic heterocycles. The summed E-state index contributed by atoms with van der Waals surface area (Å²) in [5, 5.41) is 22.6. The molecule has 0 spiro atoms. The molecule has 2 rings (SSSR count). The van der Waals surface area contributed by atoms with Crippen molar-refractivity contribution in [2.24, 2.45) is 0 Å². The Morgan fingerprint density at radius 3 is 1.57 bits per heavy atom. The van der Waals surface area contributed by atoms with Gasteiger partial charge in [-0.15, -0.1) is 0 Å². The Morgan fingerprint density at radius 1 is 0.696 bits per heavy atom. The van der Waals surface area contributed by atoms with Gasteiger partial charge in [-0.2, -0.15) is 0 Å². The Balaban J connectivity index is 1.60. The first-order valence-electron chi connectivity index (χ1n) is 7.87. The van der Waals surface area contributed by atoms with Gasteiger partial charge in [0.25, 0.3) is 0 Å². The summed E-state index contributed by atoms with van der Waals surface area (Å²) in [4.78, 5) is 0. The van der Waals surface area contributed by atoms with Crippen LogP contribution in [-0.2, 0) is 0 Å². The normalized spacial score (nSPS) is 11.5. The third-order valence-corrected chi connectivity index (χ3v) is 3.44. The van der Waals surface area contributed by atoms with Crippen LogP contribution in [0, 0.1) is 0 Å². The molecule has 0 aliphatic rings. The molecule has 0 aromatic heterocycles. The topological polar surface area (TPSA) is 52.5 Å². The van der Waals surface area contributed by atoms with Gasteiger partial charge in [-0.3, -0.25) is 0 Å². The Kier molecular flexibility index (Phi) is 6.95. The van der Waals surface area contributed by atoms with E-state index < -0.39 is 0 Å². The summed E-state index contributed by atoms with van der Waals surface area (Å²) in [6.07, 6.45) is 9.82. The minimum absolute atomic E-state index is 0.311. The van der Waals surface area contributed by atoms with Gasteiger partial charge in [-0.25, -0.2) is 0 Å². The Labute approximate surface area is 137 Å². The molecule has 0 fully saturated rings. The molecule has 23 heavy (non-hydrogen) atoms. The van der Waals surface area contributed by atoms with Gasteiger partial charge in [0.1, 0.15) is 11.5 Å². The summed E-state index contributed by atoms with van der Waals surface area (Å²) in [6, 6.07) is 14.6. The highest BCUT2D eigenvalue weighted by Gasteiger charge is 1.94. The molecular weight excluding hydrogens is 286 g/mol. The van der Waals surface area contributed by atoms with Gasteiger partial charge < -0.3 is 15.5 Å². The summed E-state index contributed by atoms with van der Waals surface area (Å²) in [7, 11) is 0. The van der Waals surface area contributed by atoms with Gasteiger partial charge in [0.2, 0.25) is 0 Å². The molecule has 120 valence electrons. The molecule has 0 heterocycles. The van der Waals surface area contributed by atoms with E-state index >= 15 is 0 Å². The summed E-state index contributed by atoms with van der Waals surface area (Å²) in [6.45, 7) is 1.79. The molecule has 2 aromatic rings. The number of nitrogens with one attached hydrogen (secondary N) is 1. The monoisotopic (exact) mass is 309 g/mol. The maximum Gasteiger partial charge on any atom is 0.122 e. The van der Waals surface area contributed by atoms with Crippen molar-refractivity contribution in [3.63, 3.8) is 0 Å². The van der Waals surface area contributed by atoms with Crippen LogP contribution in [0.15, 0.2) is 60.7 Å². The van der Waals surface area contributed by atoms with Crippen molar-refractivity contribution in [1.82, 2.24) is 5.32 Å². The van der Waals surface area contributed by atoms with Crippen molar-refractivity contribution in [2.75, 3.05) is 13.1 Å². The molecule has 2 aromatic carbocycles. The van der Waals surface area contributed by atoms with E-state index in [9.17, 15) is 10.2 Å². The number of phenolic OH excluding ortho intramolecular Hbond substituents is 2. The second-order valence-electron chi connectivity index (χ2n) is 5.25. The van der Waals surface area contributed by atoms with E-state index in [1.54, 1.807) is 12.1 Å². The van der Waals surface area contributed by atoms with E-state index in [0.717, 1.165) is 37.1 Å². The van der Waals surface area contributed by atoms with Crippen LogP contribution in [0.5, 0.6) is 11.5 Å². The SMILES string of the molecule is Oc1ccccc1C=CCCNCCC=Cc1ccccc1O. The van der Waals surface area contributed by atoms with Crippen LogP contribution in [0.1, 0.15) is 24.0 Å². The zero-order chi connectivity index (χ0) is 16.3. The van der Waals surface area contributed by atoms with Crippen LogP contribution in [0.4, 0.5) is 0 Å². The lowest BCUT2D eigenvalue weighted by molar-refractivity contribution is 0.473. The molecule has 0 saturated carbocycles. The van der Waals surface area contributed by atoms with Gasteiger partial charge in [-0.1, -0.05) is 60.7 Å². The highest BCUT2D eigenvalue weighted by atomic mass is 16.3. The maximum atomic E-state index is 9.63. The van der Waals surface area contributed by atoms with Gasteiger partial charge in [-0.05, 0) is 38.1 Å². The van der Waals surface area contributed by atoms with Crippen molar-refractivity contribution in [3.05, 3.63) is 71.8 Å². The molecule has 3 nitrogen and oxygen atoms in total. The molecule has 0 saturated heterocycles. The van der Waals surface area contributed by atoms with Crippen LogP contribution in [0.2, 0.25) is 0 Å². The quantitative estimate of drug-likeness (QED) is 0.641. The number of phenols is 2. The minimum Gasteiger partial charge on any atom is -0.507 e. The van der Waals surface area contributed by atoms with Crippen molar-refractivity contribution in [1.29, 1.82) is 0 Å². The standard InChI is InChI=1S/C20H23NO2/c22-19-13-3-1-9-17(19)11-5-7-15-21-16-8-6-12-18-10-2-4-14-20(18)23/h1-6,9-14,21-23H,7-8,15-16H2. The van der Waals surface area contributed by atoms with Crippen LogP contribution in [-0.4, -0.2) is 23.3 Å². The van der Waals surface area contributed by atoms with Crippen LogP contribution in [0.25, 0.3) is 12.2 Å². The van der Waals surface area contributed by atoms with Crippen molar-refractivity contribution >= 4 is 12.2 Å². The summed E-state index contributed by atoms with van der Waals surface area (Å²) in [5.74, 6) is 0.622. The number of hydrogen-bond donors (Lipinski definition) is 3. The average molecular weight is 309 g/mol. The molecule has 0 bridgehead atoms. The van der Waals surface area contributed by atoms with Crippen LogP contribution >= 0.6 is 0 Å². The molecule has 0 aliphatic carbocycles. The van der Waals surface area contributed by atoms with Gasteiger partial charge in [0.15, 0.2) is 0 Å². The van der Waals surface area contributed by atoms with Crippen LogP contribution in [0.3, 0.4) is 0 Å². The lowest BCUT2D eigenvalue weighted by Gasteiger charge is -2.01. The number of hydrogen-bond acceptors (Lipinski definition) is 3. The predicted octanol–water partition coefficient (Wildman–Crippen LogP) is 4.19. The molecule has 0 amide bonds. The summed E-state index contributed by atoms with van der Waals surface area (Å²) >= 11 is 0. The first-order chi connectivity index (χ1) is 11.3. The predicted molar refractivity (Wildman–Crippen MR) is 96.4 cm³/mol. The number of benzene rings is 2. The Bertz CT molecular complexity index is 605. The zero-order valence-electron chi connectivity index (χ0n) is 13.2. The van der Waals surface area contributed by atoms with E-state index in [0.29, 0.717) is 11.5 Å². The molecule has 3 N–H and O–H groups in total. The second kappa shape index (κ2) is 9.49. The van der Waals surface area contributed by atoms with Gasteiger partial charge >= 0.3 is 0 Å². The number of aromatic hydroxyl groups is 2.